The third-order valence-corrected chi connectivity index (χ3v) is 4.55. The maximum atomic E-state index is 9.93. The van der Waals surface area contributed by atoms with Gasteiger partial charge in [-0.1, -0.05) is 11.6 Å². The van der Waals surface area contributed by atoms with Crippen LogP contribution >= 0.6 is 11.6 Å². The van der Waals surface area contributed by atoms with Gasteiger partial charge in [0.1, 0.15) is 5.75 Å². The van der Waals surface area contributed by atoms with Gasteiger partial charge in [0.25, 0.3) is 0 Å². The normalized spacial score (nSPS) is 20.6. The smallest absolute Gasteiger partial charge is 0.222 e. The van der Waals surface area contributed by atoms with Gasteiger partial charge in [-0.3, -0.25) is 0 Å². The summed E-state index contributed by atoms with van der Waals surface area (Å²) in [7, 11) is 1.94. The zero-order valence-electron chi connectivity index (χ0n) is 13.5. The van der Waals surface area contributed by atoms with E-state index < -0.39 is 0 Å². The first-order valence-corrected chi connectivity index (χ1v) is 8.37. The van der Waals surface area contributed by atoms with E-state index in [0.717, 1.165) is 19.3 Å². The summed E-state index contributed by atoms with van der Waals surface area (Å²) in [5.74, 6) is 1.98. The molecule has 24 heavy (non-hydrogen) atoms. The molecule has 0 bridgehead atoms. The number of ether oxygens (including phenoxy) is 1. The van der Waals surface area contributed by atoms with Crippen molar-refractivity contribution in [2.45, 2.75) is 37.8 Å². The molecule has 1 aromatic heterocycles. The van der Waals surface area contributed by atoms with Gasteiger partial charge in [-0.25, -0.2) is 4.98 Å². The highest BCUT2D eigenvalue weighted by Gasteiger charge is 2.26. The fourth-order valence-corrected chi connectivity index (χ4v) is 3.12. The second-order valence-corrected chi connectivity index (χ2v) is 6.49. The third kappa shape index (κ3) is 3.88. The lowest BCUT2D eigenvalue weighted by atomic mass is 9.92. The Bertz CT molecular complexity index is 695. The van der Waals surface area contributed by atoms with Gasteiger partial charge in [0, 0.05) is 18.1 Å². The molecule has 1 aliphatic rings. The molecule has 128 valence electrons. The van der Waals surface area contributed by atoms with Crippen LogP contribution in [0.15, 0.2) is 30.5 Å². The first-order valence-electron chi connectivity index (χ1n) is 8.00. The Labute approximate surface area is 146 Å². The van der Waals surface area contributed by atoms with Gasteiger partial charge >= 0.3 is 0 Å². The van der Waals surface area contributed by atoms with Crippen molar-refractivity contribution in [3.05, 3.63) is 35.5 Å². The summed E-state index contributed by atoms with van der Waals surface area (Å²) in [5.41, 5.74) is 5.76. The van der Waals surface area contributed by atoms with Crippen molar-refractivity contribution in [2.24, 2.45) is 0 Å². The summed E-state index contributed by atoms with van der Waals surface area (Å²) in [6.07, 6.45) is 4.85. The van der Waals surface area contributed by atoms with Crippen LogP contribution in [0.1, 0.15) is 25.7 Å². The van der Waals surface area contributed by atoms with Crippen molar-refractivity contribution in [3.63, 3.8) is 0 Å². The number of halogens is 1. The number of nitrogens with zero attached hydrogens (tertiary/aromatic N) is 3. The van der Waals surface area contributed by atoms with Gasteiger partial charge in [-0.05, 0) is 49.9 Å². The van der Waals surface area contributed by atoms with Crippen molar-refractivity contribution in [2.75, 3.05) is 17.7 Å². The second-order valence-electron chi connectivity index (χ2n) is 6.06. The SMILES string of the molecule is CN(c1nc(N)ncc1Oc1ccc(Cl)cc1)C1CCCC(O)C1. The van der Waals surface area contributed by atoms with Crippen molar-refractivity contribution in [3.8, 4) is 11.5 Å². The predicted octanol–water partition coefficient (Wildman–Crippen LogP) is 3.24. The van der Waals surface area contributed by atoms with E-state index in [0.29, 0.717) is 28.8 Å². The van der Waals surface area contributed by atoms with Crippen molar-refractivity contribution in [1.29, 1.82) is 0 Å². The molecule has 1 aliphatic carbocycles. The highest BCUT2D eigenvalue weighted by molar-refractivity contribution is 6.30. The molecule has 1 fully saturated rings. The molecule has 1 saturated carbocycles. The number of hydrogen-bond donors (Lipinski definition) is 2. The number of anilines is 2. The first kappa shape index (κ1) is 16.8. The molecule has 2 aromatic rings. The molecule has 2 unspecified atom stereocenters. The van der Waals surface area contributed by atoms with E-state index in [1.807, 2.05) is 11.9 Å². The van der Waals surface area contributed by atoms with E-state index in [2.05, 4.69) is 9.97 Å². The zero-order chi connectivity index (χ0) is 17.1. The second kappa shape index (κ2) is 7.23. The Morgan fingerprint density at radius 3 is 2.75 bits per heavy atom. The minimum Gasteiger partial charge on any atom is -0.452 e. The molecule has 3 rings (SSSR count). The largest absolute Gasteiger partial charge is 0.452 e. The van der Waals surface area contributed by atoms with E-state index in [1.165, 1.54) is 0 Å². The van der Waals surface area contributed by atoms with Crippen LogP contribution in [0.25, 0.3) is 0 Å². The number of nitrogen functional groups attached to an aromatic ring is 1. The maximum Gasteiger partial charge on any atom is 0.222 e. The number of aliphatic hydroxyl groups excluding tert-OH is 1. The minimum absolute atomic E-state index is 0.190. The van der Waals surface area contributed by atoms with Crippen LogP contribution in [-0.4, -0.2) is 34.3 Å². The topological polar surface area (TPSA) is 84.5 Å². The maximum absolute atomic E-state index is 9.93. The molecule has 1 heterocycles. The Hall–Kier alpha value is -2.05. The molecule has 7 heteroatoms. The van der Waals surface area contributed by atoms with E-state index in [1.54, 1.807) is 30.5 Å². The van der Waals surface area contributed by atoms with Crippen LogP contribution in [0.2, 0.25) is 5.02 Å². The molecule has 0 saturated heterocycles. The van der Waals surface area contributed by atoms with Gasteiger partial charge in [0.15, 0.2) is 11.6 Å². The molecular weight excluding hydrogens is 328 g/mol. The van der Waals surface area contributed by atoms with Crippen LogP contribution in [-0.2, 0) is 0 Å². The van der Waals surface area contributed by atoms with Crippen LogP contribution in [0, 0.1) is 0 Å². The molecule has 0 spiro atoms. The number of rotatable bonds is 4. The fourth-order valence-electron chi connectivity index (χ4n) is 2.99. The van der Waals surface area contributed by atoms with Gasteiger partial charge in [-0.2, -0.15) is 4.98 Å². The van der Waals surface area contributed by atoms with Crippen LogP contribution < -0.4 is 15.4 Å². The molecule has 1 aromatic carbocycles. The average molecular weight is 349 g/mol. The van der Waals surface area contributed by atoms with Gasteiger partial charge < -0.3 is 20.5 Å². The number of hydrogen-bond acceptors (Lipinski definition) is 6. The van der Waals surface area contributed by atoms with Crippen LogP contribution in [0.3, 0.4) is 0 Å². The summed E-state index contributed by atoms with van der Waals surface area (Å²) in [6, 6.07) is 7.28. The number of aromatic nitrogens is 2. The highest BCUT2D eigenvalue weighted by Crippen LogP contribution is 2.34. The summed E-state index contributed by atoms with van der Waals surface area (Å²) in [4.78, 5) is 10.4. The van der Waals surface area contributed by atoms with Crippen molar-refractivity contribution < 1.29 is 9.84 Å². The molecule has 2 atom stereocenters. The highest BCUT2D eigenvalue weighted by atomic mass is 35.5. The standard InChI is InChI=1S/C17H21ClN4O2/c1-22(12-3-2-4-13(23)9-12)16-15(10-20-17(19)21-16)24-14-7-5-11(18)6-8-14/h5-8,10,12-13,23H,2-4,9H2,1H3,(H2,19,20,21). The van der Waals surface area contributed by atoms with Crippen molar-refractivity contribution >= 4 is 23.4 Å². The van der Waals surface area contributed by atoms with Gasteiger partial charge in [0.2, 0.25) is 5.95 Å². The Kier molecular flexibility index (Phi) is 5.06. The van der Waals surface area contributed by atoms with Gasteiger partial charge in [-0.15, -0.1) is 0 Å². The lowest BCUT2D eigenvalue weighted by Crippen LogP contribution is -2.38. The van der Waals surface area contributed by atoms with Crippen molar-refractivity contribution in [1.82, 2.24) is 9.97 Å². The Morgan fingerprint density at radius 1 is 1.29 bits per heavy atom. The predicted molar refractivity (Wildman–Crippen MR) is 94.6 cm³/mol. The van der Waals surface area contributed by atoms with E-state index in [-0.39, 0.29) is 18.1 Å². The molecule has 3 N–H and O–H groups in total. The molecule has 6 nitrogen and oxygen atoms in total. The molecule has 0 radical (unpaired) electrons. The van der Waals surface area contributed by atoms with Gasteiger partial charge in [0.05, 0.1) is 12.3 Å². The van der Waals surface area contributed by atoms with Crippen LogP contribution in [0.4, 0.5) is 11.8 Å². The summed E-state index contributed by atoms with van der Waals surface area (Å²) in [5, 5.41) is 10.6. The summed E-state index contributed by atoms with van der Waals surface area (Å²) in [6.45, 7) is 0. The van der Waals surface area contributed by atoms with E-state index >= 15 is 0 Å². The summed E-state index contributed by atoms with van der Waals surface area (Å²) >= 11 is 5.90. The average Bonchev–Trinajstić information content (AvgIpc) is 2.58. The Balaban J connectivity index is 1.86. The monoisotopic (exact) mass is 348 g/mol. The minimum atomic E-state index is -0.272. The zero-order valence-corrected chi connectivity index (χ0v) is 14.3. The quantitative estimate of drug-likeness (QED) is 0.882. The third-order valence-electron chi connectivity index (χ3n) is 4.30. The lowest BCUT2D eigenvalue weighted by molar-refractivity contribution is 0.119. The lowest BCUT2D eigenvalue weighted by Gasteiger charge is -2.34. The molecular formula is C17H21ClN4O2. The number of nitrogens with two attached hydrogens (primary N) is 1. The number of aliphatic hydroxyl groups is 1. The fraction of sp³-hybridized carbons (Fsp3) is 0.412. The molecule has 0 aliphatic heterocycles. The first-order chi connectivity index (χ1) is 11.5. The van der Waals surface area contributed by atoms with Crippen LogP contribution in [0.5, 0.6) is 11.5 Å². The Morgan fingerprint density at radius 2 is 2.04 bits per heavy atom. The number of benzene rings is 1. The van der Waals surface area contributed by atoms with E-state index in [9.17, 15) is 5.11 Å². The van der Waals surface area contributed by atoms with E-state index in [4.69, 9.17) is 22.1 Å². The molecule has 0 amide bonds. The summed E-state index contributed by atoms with van der Waals surface area (Å²) < 4.78 is 5.91.